The molecule has 2 aromatic carbocycles. The standard InChI is InChI=1S/C21H19ClN4O2/c1-13-11-26(12-24-13)19-6-3-14(9-20(19)28-2)21(27)23-10-17-8-15-7-16(22)4-5-18(15)25-17/h3-9,11-12,25H,10H2,1-2H3,(H,23,27). The van der Waals surface area contributed by atoms with E-state index in [4.69, 9.17) is 16.3 Å². The van der Waals surface area contributed by atoms with Gasteiger partial charge in [-0.15, -0.1) is 0 Å². The van der Waals surface area contributed by atoms with Crippen molar-refractivity contribution in [2.45, 2.75) is 13.5 Å². The molecule has 2 N–H and O–H groups in total. The van der Waals surface area contributed by atoms with Crippen molar-refractivity contribution in [3.05, 3.63) is 77.0 Å². The molecular formula is C21H19ClN4O2. The molecule has 0 atom stereocenters. The number of rotatable bonds is 5. The number of carbonyl (C=O) groups is 1. The van der Waals surface area contributed by atoms with Gasteiger partial charge in [0.05, 0.1) is 31.4 Å². The second kappa shape index (κ2) is 7.40. The second-order valence-electron chi connectivity index (χ2n) is 6.52. The maximum absolute atomic E-state index is 12.6. The Hall–Kier alpha value is -3.25. The van der Waals surface area contributed by atoms with Gasteiger partial charge in [-0.05, 0) is 49.4 Å². The molecule has 0 saturated carbocycles. The summed E-state index contributed by atoms with van der Waals surface area (Å²) < 4.78 is 7.33. The van der Waals surface area contributed by atoms with Crippen LogP contribution in [0.15, 0.2) is 55.0 Å². The Kier molecular flexibility index (Phi) is 4.79. The molecule has 4 rings (SSSR count). The number of aromatic amines is 1. The number of ether oxygens (including phenoxy) is 1. The van der Waals surface area contributed by atoms with E-state index < -0.39 is 0 Å². The van der Waals surface area contributed by atoms with E-state index >= 15 is 0 Å². The predicted octanol–water partition coefficient (Wildman–Crippen LogP) is 4.25. The molecule has 0 saturated heterocycles. The SMILES string of the molecule is COc1cc(C(=O)NCc2cc3cc(Cl)ccc3[nH]2)ccc1-n1cnc(C)c1. The molecule has 7 heteroatoms. The minimum Gasteiger partial charge on any atom is -0.495 e. The van der Waals surface area contributed by atoms with Crippen molar-refractivity contribution >= 4 is 28.4 Å². The molecule has 1 amide bonds. The zero-order valence-corrected chi connectivity index (χ0v) is 16.2. The highest BCUT2D eigenvalue weighted by Gasteiger charge is 2.12. The minimum atomic E-state index is -0.177. The molecule has 0 unspecified atom stereocenters. The molecule has 0 aliphatic rings. The highest BCUT2D eigenvalue weighted by molar-refractivity contribution is 6.31. The number of nitrogens with one attached hydrogen (secondary N) is 2. The molecular weight excluding hydrogens is 376 g/mol. The van der Waals surface area contributed by atoms with Crippen molar-refractivity contribution in [1.29, 1.82) is 0 Å². The van der Waals surface area contributed by atoms with E-state index in [1.807, 2.05) is 48.0 Å². The van der Waals surface area contributed by atoms with Gasteiger partial charge in [0, 0.05) is 33.4 Å². The van der Waals surface area contributed by atoms with Crippen LogP contribution < -0.4 is 10.1 Å². The first kappa shape index (κ1) is 18.1. The van der Waals surface area contributed by atoms with Gasteiger partial charge in [-0.2, -0.15) is 0 Å². The molecule has 6 nitrogen and oxygen atoms in total. The van der Waals surface area contributed by atoms with Crippen molar-refractivity contribution in [1.82, 2.24) is 19.9 Å². The topological polar surface area (TPSA) is 71.9 Å². The first-order valence-corrected chi connectivity index (χ1v) is 9.15. The van der Waals surface area contributed by atoms with E-state index in [1.165, 1.54) is 0 Å². The molecule has 0 radical (unpaired) electrons. The summed E-state index contributed by atoms with van der Waals surface area (Å²) in [6.07, 6.45) is 3.62. The average Bonchev–Trinajstić information content (AvgIpc) is 3.30. The number of methoxy groups -OCH3 is 1. The fourth-order valence-electron chi connectivity index (χ4n) is 3.12. The summed E-state index contributed by atoms with van der Waals surface area (Å²) in [6, 6.07) is 13.0. The molecule has 0 spiro atoms. The summed E-state index contributed by atoms with van der Waals surface area (Å²) in [5.41, 5.74) is 4.14. The van der Waals surface area contributed by atoms with Crippen LogP contribution in [-0.2, 0) is 6.54 Å². The third-order valence-electron chi connectivity index (χ3n) is 4.51. The van der Waals surface area contributed by atoms with Crippen molar-refractivity contribution in [2.24, 2.45) is 0 Å². The number of H-pyrrole nitrogens is 1. The molecule has 2 aromatic heterocycles. The van der Waals surface area contributed by atoms with Gasteiger partial charge in [0.15, 0.2) is 0 Å². The van der Waals surface area contributed by atoms with Gasteiger partial charge in [-0.25, -0.2) is 4.98 Å². The van der Waals surface area contributed by atoms with Crippen LogP contribution in [0.25, 0.3) is 16.6 Å². The number of aromatic nitrogens is 3. The number of halogens is 1. The van der Waals surface area contributed by atoms with Crippen molar-refractivity contribution < 1.29 is 9.53 Å². The smallest absolute Gasteiger partial charge is 0.251 e. The van der Waals surface area contributed by atoms with Gasteiger partial charge in [0.25, 0.3) is 5.91 Å². The number of carbonyl (C=O) groups excluding carboxylic acids is 1. The summed E-state index contributed by atoms with van der Waals surface area (Å²) in [5.74, 6) is 0.425. The fraction of sp³-hybridized carbons (Fsp3) is 0.143. The second-order valence-corrected chi connectivity index (χ2v) is 6.95. The number of aryl methyl sites for hydroxylation is 1. The zero-order valence-electron chi connectivity index (χ0n) is 15.5. The largest absolute Gasteiger partial charge is 0.495 e. The first-order chi connectivity index (χ1) is 13.5. The van der Waals surface area contributed by atoms with E-state index in [9.17, 15) is 4.79 Å². The van der Waals surface area contributed by atoms with Gasteiger partial charge in [-0.1, -0.05) is 11.6 Å². The molecule has 0 bridgehead atoms. The lowest BCUT2D eigenvalue weighted by atomic mass is 10.1. The molecule has 2 heterocycles. The lowest BCUT2D eigenvalue weighted by Crippen LogP contribution is -2.23. The van der Waals surface area contributed by atoms with E-state index in [1.54, 1.807) is 25.6 Å². The molecule has 28 heavy (non-hydrogen) atoms. The van der Waals surface area contributed by atoms with Crippen molar-refractivity contribution in [3.8, 4) is 11.4 Å². The van der Waals surface area contributed by atoms with Crippen LogP contribution >= 0.6 is 11.6 Å². The first-order valence-electron chi connectivity index (χ1n) is 8.78. The molecule has 142 valence electrons. The van der Waals surface area contributed by atoms with Crippen molar-refractivity contribution in [2.75, 3.05) is 7.11 Å². The van der Waals surface area contributed by atoms with E-state index in [-0.39, 0.29) is 5.91 Å². The number of nitrogens with zero attached hydrogens (tertiary/aromatic N) is 2. The molecule has 0 aliphatic heterocycles. The van der Waals surface area contributed by atoms with Crippen LogP contribution in [0.4, 0.5) is 0 Å². The van der Waals surface area contributed by atoms with E-state index in [0.29, 0.717) is 22.9 Å². The lowest BCUT2D eigenvalue weighted by Gasteiger charge is -2.11. The molecule has 0 aliphatic carbocycles. The lowest BCUT2D eigenvalue weighted by molar-refractivity contribution is 0.0950. The Morgan fingerprint density at radius 2 is 2.11 bits per heavy atom. The quantitative estimate of drug-likeness (QED) is 0.531. The van der Waals surface area contributed by atoms with E-state index in [0.717, 1.165) is 28.0 Å². The van der Waals surface area contributed by atoms with Crippen LogP contribution in [0, 0.1) is 6.92 Å². The summed E-state index contributed by atoms with van der Waals surface area (Å²) in [4.78, 5) is 20.1. The number of hydrogen-bond acceptors (Lipinski definition) is 3. The maximum atomic E-state index is 12.6. The summed E-state index contributed by atoms with van der Waals surface area (Å²) in [5, 5.41) is 4.62. The highest BCUT2D eigenvalue weighted by atomic mass is 35.5. The normalized spacial score (nSPS) is 11.0. The monoisotopic (exact) mass is 394 g/mol. The summed E-state index contributed by atoms with van der Waals surface area (Å²) >= 11 is 6.02. The summed E-state index contributed by atoms with van der Waals surface area (Å²) in [6.45, 7) is 2.30. The Morgan fingerprint density at radius 3 is 2.86 bits per heavy atom. The average molecular weight is 395 g/mol. The number of amides is 1. The molecule has 4 aromatic rings. The Labute approximate surface area is 167 Å². The zero-order chi connectivity index (χ0) is 19.7. The number of fused-ring (bicyclic) bond motifs is 1. The van der Waals surface area contributed by atoms with Gasteiger partial charge in [0.2, 0.25) is 0 Å². The Morgan fingerprint density at radius 1 is 1.25 bits per heavy atom. The van der Waals surface area contributed by atoms with E-state index in [2.05, 4.69) is 15.3 Å². The minimum absolute atomic E-state index is 0.177. The van der Waals surface area contributed by atoms with Gasteiger partial charge in [0.1, 0.15) is 5.75 Å². The van der Waals surface area contributed by atoms with Crippen LogP contribution in [0.3, 0.4) is 0 Å². The molecule has 0 fully saturated rings. The Balaban J connectivity index is 1.51. The predicted molar refractivity (Wildman–Crippen MR) is 109 cm³/mol. The van der Waals surface area contributed by atoms with Crippen LogP contribution in [0.5, 0.6) is 5.75 Å². The highest BCUT2D eigenvalue weighted by Crippen LogP contribution is 2.25. The summed E-state index contributed by atoms with van der Waals surface area (Å²) in [7, 11) is 1.58. The van der Waals surface area contributed by atoms with Gasteiger partial charge < -0.3 is 19.6 Å². The van der Waals surface area contributed by atoms with Crippen LogP contribution in [-0.4, -0.2) is 27.6 Å². The Bertz CT molecular complexity index is 1160. The van der Waals surface area contributed by atoms with Crippen LogP contribution in [0.1, 0.15) is 21.7 Å². The number of imidazole rings is 1. The number of benzene rings is 2. The van der Waals surface area contributed by atoms with Gasteiger partial charge in [-0.3, -0.25) is 4.79 Å². The third kappa shape index (κ3) is 3.59. The third-order valence-corrected chi connectivity index (χ3v) is 4.74. The maximum Gasteiger partial charge on any atom is 0.251 e. The number of hydrogen-bond donors (Lipinski definition) is 2. The fourth-order valence-corrected chi connectivity index (χ4v) is 3.30. The van der Waals surface area contributed by atoms with Crippen LogP contribution in [0.2, 0.25) is 5.02 Å². The van der Waals surface area contributed by atoms with Crippen molar-refractivity contribution in [3.63, 3.8) is 0 Å². The van der Waals surface area contributed by atoms with Gasteiger partial charge >= 0.3 is 0 Å².